The number of aliphatic hydroxyl groups is 1. The number of benzene rings is 2. The molecule has 108 valence electrons. The van der Waals surface area contributed by atoms with E-state index in [0.29, 0.717) is 17.9 Å². The van der Waals surface area contributed by atoms with Crippen molar-refractivity contribution in [2.45, 2.75) is 19.6 Å². The van der Waals surface area contributed by atoms with E-state index in [2.05, 4.69) is 0 Å². The van der Waals surface area contributed by atoms with E-state index in [1.807, 2.05) is 30.3 Å². The summed E-state index contributed by atoms with van der Waals surface area (Å²) in [7, 11) is 0. The second-order valence-electron chi connectivity index (χ2n) is 4.68. The molecule has 0 unspecified atom stereocenters. The highest BCUT2D eigenvalue weighted by atomic mass is 16.5. The first-order chi connectivity index (χ1) is 10.1. The van der Waals surface area contributed by atoms with E-state index in [1.165, 1.54) is 12.1 Å². The minimum Gasteiger partial charge on any atom is -0.489 e. The maximum absolute atomic E-state index is 11.4. The summed E-state index contributed by atoms with van der Waals surface area (Å²) in [6, 6.07) is 14.2. The summed E-state index contributed by atoms with van der Waals surface area (Å²) in [6.45, 7) is 1.95. The molecule has 4 heteroatoms. The van der Waals surface area contributed by atoms with Gasteiger partial charge in [-0.05, 0) is 30.7 Å². The van der Waals surface area contributed by atoms with Crippen molar-refractivity contribution < 1.29 is 19.4 Å². The lowest BCUT2D eigenvalue weighted by atomic mass is 10.0. The number of carbonyl (C=O) groups is 2. The van der Waals surface area contributed by atoms with Crippen molar-refractivity contribution in [3.8, 4) is 5.75 Å². The fraction of sp³-hybridized carbons (Fsp3) is 0.176. The summed E-state index contributed by atoms with van der Waals surface area (Å²) in [5.41, 5.74) is 1.73. The highest BCUT2D eigenvalue weighted by Gasteiger charge is 2.13. The van der Waals surface area contributed by atoms with E-state index < -0.39 is 11.9 Å². The molecular formula is C17H16O4. The Morgan fingerprint density at radius 2 is 1.95 bits per heavy atom. The Hall–Kier alpha value is -2.46. The standard InChI is InChI=1S/C17H16O4/c1-12(19)15-9-14(16(20)10-18)7-8-17(15)21-11-13-5-3-2-4-6-13/h2-10,12,19H,11H2,1H3/t12-/m1/s1. The van der Waals surface area contributed by atoms with E-state index in [4.69, 9.17) is 4.74 Å². The molecule has 0 aliphatic heterocycles. The topological polar surface area (TPSA) is 63.6 Å². The van der Waals surface area contributed by atoms with Gasteiger partial charge in [-0.25, -0.2) is 0 Å². The quantitative estimate of drug-likeness (QED) is 0.503. The fourth-order valence-corrected chi connectivity index (χ4v) is 1.96. The van der Waals surface area contributed by atoms with Crippen LogP contribution in [0.4, 0.5) is 0 Å². The normalized spacial score (nSPS) is 11.7. The zero-order valence-electron chi connectivity index (χ0n) is 11.7. The summed E-state index contributed by atoms with van der Waals surface area (Å²) in [6.07, 6.45) is -0.541. The van der Waals surface area contributed by atoms with E-state index in [1.54, 1.807) is 13.0 Å². The van der Waals surface area contributed by atoms with Gasteiger partial charge in [-0.3, -0.25) is 9.59 Å². The van der Waals surface area contributed by atoms with E-state index >= 15 is 0 Å². The van der Waals surface area contributed by atoms with Gasteiger partial charge in [0.15, 0.2) is 6.29 Å². The molecule has 4 nitrogen and oxygen atoms in total. The molecule has 2 rings (SSSR count). The lowest BCUT2D eigenvalue weighted by Crippen LogP contribution is -2.05. The molecule has 21 heavy (non-hydrogen) atoms. The van der Waals surface area contributed by atoms with Crippen LogP contribution in [0.3, 0.4) is 0 Å². The molecule has 0 aliphatic rings. The average Bonchev–Trinajstić information content (AvgIpc) is 2.52. The highest BCUT2D eigenvalue weighted by Crippen LogP contribution is 2.27. The van der Waals surface area contributed by atoms with Gasteiger partial charge in [0.25, 0.3) is 0 Å². The average molecular weight is 284 g/mol. The molecular weight excluding hydrogens is 268 g/mol. The molecule has 0 heterocycles. The number of ketones is 1. The Balaban J connectivity index is 2.22. The van der Waals surface area contributed by atoms with Crippen LogP contribution >= 0.6 is 0 Å². The van der Waals surface area contributed by atoms with E-state index in [0.717, 1.165) is 5.56 Å². The van der Waals surface area contributed by atoms with E-state index in [-0.39, 0.29) is 11.8 Å². The van der Waals surface area contributed by atoms with Crippen LogP contribution in [0.15, 0.2) is 48.5 Å². The van der Waals surface area contributed by atoms with Crippen LogP contribution in [-0.2, 0) is 11.4 Å². The predicted octanol–water partition coefficient (Wildman–Crippen LogP) is 2.70. The SMILES string of the molecule is C[C@@H](O)c1cc(C(=O)C=O)ccc1OCc1ccccc1. The van der Waals surface area contributed by atoms with Crippen molar-refractivity contribution >= 4 is 12.1 Å². The lowest BCUT2D eigenvalue weighted by Gasteiger charge is -2.14. The second-order valence-corrected chi connectivity index (χ2v) is 4.68. The van der Waals surface area contributed by atoms with Crippen LogP contribution in [0.2, 0.25) is 0 Å². The van der Waals surface area contributed by atoms with Gasteiger partial charge in [0.2, 0.25) is 5.78 Å². The fourth-order valence-electron chi connectivity index (χ4n) is 1.96. The second kappa shape index (κ2) is 6.81. The molecule has 0 saturated carbocycles. The van der Waals surface area contributed by atoms with Gasteiger partial charge in [0, 0.05) is 11.1 Å². The number of aliphatic hydroxyl groups excluding tert-OH is 1. The Morgan fingerprint density at radius 3 is 2.57 bits per heavy atom. The summed E-state index contributed by atoms with van der Waals surface area (Å²) in [5, 5.41) is 9.80. The van der Waals surface area contributed by atoms with Crippen LogP contribution in [-0.4, -0.2) is 17.2 Å². The summed E-state index contributed by atoms with van der Waals surface area (Å²) in [5.74, 6) is -0.122. The van der Waals surface area contributed by atoms with Crippen LogP contribution in [0.25, 0.3) is 0 Å². The van der Waals surface area contributed by atoms with Gasteiger partial charge in [-0.1, -0.05) is 30.3 Å². The minimum absolute atomic E-state index is 0.243. The predicted molar refractivity (Wildman–Crippen MR) is 78.2 cm³/mol. The number of aldehydes is 1. The summed E-state index contributed by atoms with van der Waals surface area (Å²) < 4.78 is 5.69. The number of Topliss-reactive ketones (excluding diaryl/α,β-unsaturated/α-hetero) is 1. The molecule has 0 amide bonds. The molecule has 0 radical (unpaired) electrons. The van der Waals surface area contributed by atoms with Crippen molar-refractivity contribution in [3.05, 3.63) is 65.2 Å². The third kappa shape index (κ3) is 3.77. The van der Waals surface area contributed by atoms with Gasteiger partial charge >= 0.3 is 0 Å². The molecule has 1 N–H and O–H groups in total. The lowest BCUT2D eigenvalue weighted by molar-refractivity contribution is -0.104. The van der Waals surface area contributed by atoms with Crippen LogP contribution in [0.1, 0.15) is 34.5 Å². The van der Waals surface area contributed by atoms with E-state index in [9.17, 15) is 14.7 Å². The van der Waals surface area contributed by atoms with Crippen molar-refractivity contribution in [2.75, 3.05) is 0 Å². The minimum atomic E-state index is -0.796. The van der Waals surface area contributed by atoms with Gasteiger partial charge in [0.05, 0.1) is 6.10 Å². The first kappa shape index (κ1) is 14.9. The highest BCUT2D eigenvalue weighted by molar-refractivity contribution is 6.33. The molecule has 0 fully saturated rings. The Bertz CT molecular complexity index is 632. The molecule has 1 atom stereocenters. The third-order valence-electron chi connectivity index (χ3n) is 3.09. The van der Waals surface area contributed by atoms with Crippen LogP contribution < -0.4 is 4.74 Å². The maximum Gasteiger partial charge on any atom is 0.225 e. The molecule has 2 aromatic rings. The molecule has 2 aromatic carbocycles. The smallest absolute Gasteiger partial charge is 0.225 e. The van der Waals surface area contributed by atoms with Gasteiger partial charge in [-0.2, -0.15) is 0 Å². The first-order valence-electron chi connectivity index (χ1n) is 6.60. The molecule has 0 aromatic heterocycles. The number of hydrogen-bond donors (Lipinski definition) is 1. The van der Waals surface area contributed by atoms with Crippen LogP contribution in [0.5, 0.6) is 5.75 Å². The number of carbonyl (C=O) groups excluding carboxylic acids is 2. The van der Waals surface area contributed by atoms with Gasteiger partial charge < -0.3 is 9.84 Å². The zero-order valence-corrected chi connectivity index (χ0v) is 11.7. The number of ether oxygens (including phenoxy) is 1. The van der Waals surface area contributed by atoms with Crippen molar-refractivity contribution in [3.63, 3.8) is 0 Å². The van der Waals surface area contributed by atoms with Crippen molar-refractivity contribution in [1.29, 1.82) is 0 Å². The first-order valence-corrected chi connectivity index (χ1v) is 6.60. The Kier molecular flexibility index (Phi) is 4.85. The Labute approximate surface area is 123 Å². The van der Waals surface area contributed by atoms with Crippen LogP contribution in [0, 0.1) is 0 Å². The molecule has 0 bridgehead atoms. The molecule has 0 aliphatic carbocycles. The number of hydrogen-bond acceptors (Lipinski definition) is 4. The van der Waals surface area contributed by atoms with Crippen molar-refractivity contribution in [1.82, 2.24) is 0 Å². The largest absolute Gasteiger partial charge is 0.489 e. The van der Waals surface area contributed by atoms with Gasteiger partial charge in [0.1, 0.15) is 12.4 Å². The Morgan fingerprint density at radius 1 is 1.24 bits per heavy atom. The monoisotopic (exact) mass is 284 g/mol. The molecule has 0 spiro atoms. The zero-order chi connectivity index (χ0) is 15.2. The number of rotatable bonds is 6. The van der Waals surface area contributed by atoms with Crippen molar-refractivity contribution in [2.24, 2.45) is 0 Å². The maximum atomic E-state index is 11.4. The summed E-state index contributed by atoms with van der Waals surface area (Å²) >= 11 is 0. The third-order valence-corrected chi connectivity index (χ3v) is 3.09. The summed E-state index contributed by atoms with van der Waals surface area (Å²) in [4.78, 5) is 21.9. The van der Waals surface area contributed by atoms with Gasteiger partial charge in [-0.15, -0.1) is 0 Å². The molecule has 0 saturated heterocycles.